The molecule has 0 amide bonds. The lowest BCUT2D eigenvalue weighted by atomic mass is 9.99. The van der Waals surface area contributed by atoms with Crippen molar-refractivity contribution in [2.24, 2.45) is 0 Å². The summed E-state index contributed by atoms with van der Waals surface area (Å²) in [6.45, 7) is 2.57. The number of nitrogens with one attached hydrogen (secondary N) is 1. The minimum absolute atomic E-state index is 0.0974. The van der Waals surface area contributed by atoms with Gasteiger partial charge in [0.15, 0.2) is 17.5 Å². The summed E-state index contributed by atoms with van der Waals surface area (Å²) in [5.41, 5.74) is -0.839. The van der Waals surface area contributed by atoms with Gasteiger partial charge in [0.25, 0.3) is 0 Å². The van der Waals surface area contributed by atoms with Crippen LogP contribution in [0.1, 0.15) is 13.8 Å². The number of rotatable bonds is 2. The van der Waals surface area contributed by atoms with Gasteiger partial charge in [-0.3, -0.25) is 4.90 Å². The van der Waals surface area contributed by atoms with Gasteiger partial charge in [-0.2, -0.15) is 0 Å². The number of alkyl halides is 1. The number of aliphatic hydroxyl groups is 3. The van der Waals surface area contributed by atoms with Gasteiger partial charge in [0.05, 0.1) is 6.61 Å². The molecule has 2 heterocycles. The Morgan fingerprint density at radius 1 is 1.58 bits per heavy atom. The summed E-state index contributed by atoms with van der Waals surface area (Å²) in [5.74, 6) is 0. The molecule has 6 nitrogen and oxygen atoms in total. The van der Waals surface area contributed by atoms with E-state index in [2.05, 4.69) is 5.32 Å². The summed E-state index contributed by atoms with van der Waals surface area (Å²) in [7, 11) is 0. The molecule has 19 heavy (non-hydrogen) atoms. The quantitative estimate of drug-likeness (QED) is 0.496. The van der Waals surface area contributed by atoms with E-state index in [1.165, 1.54) is 18.0 Å². The van der Waals surface area contributed by atoms with Crippen molar-refractivity contribution in [1.82, 2.24) is 10.2 Å². The average Bonchev–Trinajstić information content (AvgIpc) is 2.59. The molecule has 1 saturated heterocycles. The number of ether oxygens (including phenoxy) is 1. The van der Waals surface area contributed by atoms with Gasteiger partial charge in [-0.1, -0.05) is 0 Å². The first kappa shape index (κ1) is 14.6. The highest BCUT2D eigenvalue weighted by atomic mass is 32.1. The maximum atomic E-state index is 14.1. The lowest BCUT2D eigenvalue weighted by molar-refractivity contribution is -0.119. The van der Waals surface area contributed by atoms with Crippen LogP contribution in [0.5, 0.6) is 0 Å². The lowest BCUT2D eigenvalue weighted by Crippen LogP contribution is -2.53. The Balaban J connectivity index is 2.26. The summed E-state index contributed by atoms with van der Waals surface area (Å²) in [4.78, 5) is 1.30. The van der Waals surface area contributed by atoms with Crippen molar-refractivity contribution >= 4 is 17.3 Å². The Morgan fingerprint density at radius 2 is 2.21 bits per heavy atom. The van der Waals surface area contributed by atoms with E-state index in [4.69, 9.17) is 17.0 Å². The number of aliphatic hydroxyl groups excluding tert-OH is 3. The first-order valence-electron chi connectivity index (χ1n) is 5.86. The Hall–Kier alpha value is -0.800. The van der Waals surface area contributed by atoms with Gasteiger partial charge in [0.1, 0.15) is 17.9 Å². The number of halogens is 1. The summed E-state index contributed by atoms with van der Waals surface area (Å²) < 4.78 is 19.6. The zero-order chi connectivity index (χ0) is 14.4. The van der Waals surface area contributed by atoms with E-state index in [0.29, 0.717) is 5.57 Å². The Labute approximate surface area is 115 Å². The summed E-state index contributed by atoms with van der Waals surface area (Å²) >= 11 is 5.02. The minimum atomic E-state index is -1.73. The smallest absolute Gasteiger partial charge is 0.177 e. The molecule has 0 saturated carbocycles. The number of nitrogens with zero attached hydrogens (tertiary/aromatic N) is 1. The maximum Gasteiger partial charge on any atom is 0.177 e. The van der Waals surface area contributed by atoms with Crippen LogP contribution in [0.2, 0.25) is 0 Å². The molecule has 0 aliphatic carbocycles. The predicted molar refractivity (Wildman–Crippen MR) is 68.6 cm³/mol. The van der Waals surface area contributed by atoms with E-state index in [-0.39, 0.29) is 5.11 Å². The Bertz CT molecular complexity index is 421. The van der Waals surface area contributed by atoms with E-state index in [1.54, 1.807) is 6.92 Å². The molecule has 2 aliphatic heterocycles. The van der Waals surface area contributed by atoms with Crippen molar-refractivity contribution < 1.29 is 24.4 Å². The van der Waals surface area contributed by atoms with Gasteiger partial charge in [0.2, 0.25) is 0 Å². The number of thiocarbonyl (C=S) groups is 1. The molecule has 108 valence electrons. The highest BCUT2D eigenvalue weighted by Gasteiger charge is 2.54. The molecule has 0 radical (unpaired) electrons. The second-order valence-corrected chi connectivity index (χ2v) is 5.39. The van der Waals surface area contributed by atoms with Crippen LogP contribution in [0.15, 0.2) is 11.8 Å². The van der Waals surface area contributed by atoms with Crippen molar-refractivity contribution in [3.63, 3.8) is 0 Å². The van der Waals surface area contributed by atoms with Gasteiger partial charge >= 0.3 is 0 Å². The van der Waals surface area contributed by atoms with Crippen molar-refractivity contribution in [2.45, 2.75) is 44.2 Å². The largest absolute Gasteiger partial charge is 0.393 e. The van der Waals surface area contributed by atoms with Crippen molar-refractivity contribution in [1.29, 1.82) is 0 Å². The molecule has 2 rings (SSSR count). The van der Waals surface area contributed by atoms with Crippen molar-refractivity contribution in [3.05, 3.63) is 11.8 Å². The summed E-state index contributed by atoms with van der Waals surface area (Å²) in [6, 6.07) is 0. The van der Waals surface area contributed by atoms with E-state index < -0.39 is 36.9 Å². The van der Waals surface area contributed by atoms with E-state index in [1.807, 2.05) is 0 Å². The van der Waals surface area contributed by atoms with Crippen LogP contribution in [0.4, 0.5) is 4.39 Å². The SMILES string of the molecule is CC1=CN([C@H]2OC(C)(CO)C(O)C2F)C(=S)NC1O. The third-order valence-corrected chi connectivity index (χ3v) is 3.78. The van der Waals surface area contributed by atoms with Crippen LogP contribution in [0, 0.1) is 0 Å². The second-order valence-electron chi connectivity index (χ2n) is 5.00. The minimum Gasteiger partial charge on any atom is -0.393 e. The predicted octanol–water partition coefficient (Wildman–Crippen LogP) is -0.795. The van der Waals surface area contributed by atoms with Crippen LogP contribution in [-0.4, -0.2) is 62.3 Å². The highest BCUT2D eigenvalue weighted by Crippen LogP contribution is 2.35. The fourth-order valence-corrected chi connectivity index (χ4v) is 2.36. The molecule has 5 atom stereocenters. The highest BCUT2D eigenvalue weighted by molar-refractivity contribution is 7.80. The maximum absolute atomic E-state index is 14.1. The van der Waals surface area contributed by atoms with Gasteiger partial charge in [-0.15, -0.1) is 0 Å². The molecular weight excluding hydrogens is 275 g/mol. The number of hydrogen-bond donors (Lipinski definition) is 4. The van der Waals surface area contributed by atoms with E-state index in [9.17, 15) is 19.7 Å². The third kappa shape index (κ3) is 2.34. The normalized spacial score (nSPS) is 43.2. The molecule has 0 spiro atoms. The molecule has 1 fully saturated rings. The monoisotopic (exact) mass is 292 g/mol. The first-order valence-corrected chi connectivity index (χ1v) is 6.27. The molecular formula is C11H17FN2O4S. The third-order valence-electron chi connectivity index (χ3n) is 3.45. The van der Waals surface area contributed by atoms with Crippen LogP contribution in [0.25, 0.3) is 0 Å². The van der Waals surface area contributed by atoms with Gasteiger partial charge in [0, 0.05) is 6.20 Å². The average molecular weight is 292 g/mol. The zero-order valence-corrected chi connectivity index (χ0v) is 11.4. The molecule has 4 unspecified atom stereocenters. The van der Waals surface area contributed by atoms with Crippen LogP contribution in [-0.2, 0) is 4.74 Å². The zero-order valence-electron chi connectivity index (χ0n) is 10.6. The number of hydrogen-bond acceptors (Lipinski definition) is 5. The molecule has 8 heteroatoms. The van der Waals surface area contributed by atoms with Crippen LogP contribution >= 0.6 is 12.2 Å². The Kier molecular flexibility index (Phi) is 3.80. The molecule has 2 aliphatic rings. The Morgan fingerprint density at radius 3 is 2.74 bits per heavy atom. The van der Waals surface area contributed by atoms with E-state index >= 15 is 0 Å². The van der Waals surface area contributed by atoms with E-state index in [0.717, 1.165) is 0 Å². The van der Waals surface area contributed by atoms with Crippen LogP contribution < -0.4 is 5.32 Å². The molecule has 4 N–H and O–H groups in total. The lowest BCUT2D eigenvalue weighted by Gasteiger charge is -2.35. The fraction of sp³-hybridized carbons (Fsp3) is 0.727. The van der Waals surface area contributed by atoms with Crippen molar-refractivity contribution in [2.75, 3.05) is 6.61 Å². The second kappa shape index (κ2) is 4.95. The van der Waals surface area contributed by atoms with Crippen molar-refractivity contribution in [3.8, 4) is 0 Å². The molecule has 0 aromatic carbocycles. The topological polar surface area (TPSA) is 85.2 Å². The fourth-order valence-electron chi connectivity index (χ4n) is 2.09. The van der Waals surface area contributed by atoms with Gasteiger partial charge < -0.3 is 25.4 Å². The van der Waals surface area contributed by atoms with Gasteiger partial charge in [-0.05, 0) is 31.6 Å². The van der Waals surface area contributed by atoms with Gasteiger partial charge in [-0.25, -0.2) is 4.39 Å². The van der Waals surface area contributed by atoms with Crippen LogP contribution in [0.3, 0.4) is 0 Å². The molecule has 0 aromatic heterocycles. The molecule has 0 aromatic rings. The standard InChI is InChI=1S/C11H17FN2O4S/c1-5-3-14(10(19)13-8(5)17)9-6(12)7(16)11(2,4-15)18-9/h3,6-9,15-17H,4H2,1-2H3,(H,13,19)/t6?,7?,8?,9-,11?/m0/s1. The first-order chi connectivity index (χ1) is 8.80. The summed E-state index contributed by atoms with van der Waals surface area (Å²) in [6.07, 6.45) is -3.77. The molecule has 0 bridgehead atoms. The summed E-state index contributed by atoms with van der Waals surface area (Å²) in [5, 5.41) is 31.3.